The van der Waals surface area contributed by atoms with Gasteiger partial charge < -0.3 is 5.32 Å². The lowest BCUT2D eigenvalue weighted by atomic mass is 10.1. The van der Waals surface area contributed by atoms with E-state index in [1.807, 2.05) is 66.9 Å². The first-order valence-corrected chi connectivity index (χ1v) is 9.05. The van der Waals surface area contributed by atoms with Gasteiger partial charge in [0.25, 0.3) is 5.91 Å². The lowest BCUT2D eigenvalue weighted by Gasteiger charge is -2.07. The second kappa shape index (κ2) is 8.06. The maximum atomic E-state index is 13.9. The van der Waals surface area contributed by atoms with Crippen LogP contribution >= 0.6 is 0 Å². The number of carbonyl (C=O) groups excluding carboxylic acids is 1. The molecule has 0 bridgehead atoms. The van der Waals surface area contributed by atoms with Crippen LogP contribution in [0.15, 0.2) is 85.1 Å². The van der Waals surface area contributed by atoms with Gasteiger partial charge in [0.05, 0.1) is 16.9 Å². The molecule has 0 atom stereocenters. The van der Waals surface area contributed by atoms with Gasteiger partial charge in [-0.1, -0.05) is 54.6 Å². The van der Waals surface area contributed by atoms with E-state index in [0.717, 1.165) is 22.9 Å². The third kappa shape index (κ3) is 3.91. The zero-order valence-corrected chi connectivity index (χ0v) is 15.3. The Hall–Kier alpha value is -3.80. The number of halogens is 2. The lowest BCUT2D eigenvalue weighted by molar-refractivity contribution is 0.0946. The summed E-state index contributed by atoms with van der Waals surface area (Å²) in [6.45, 7) is 0.117. The highest BCUT2D eigenvalue weighted by Crippen LogP contribution is 2.24. The van der Waals surface area contributed by atoms with Gasteiger partial charge in [-0.25, -0.2) is 13.5 Å². The van der Waals surface area contributed by atoms with E-state index >= 15 is 0 Å². The molecule has 0 aliphatic carbocycles. The molecule has 0 saturated heterocycles. The zero-order valence-electron chi connectivity index (χ0n) is 15.3. The first kappa shape index (κ1) is 18.6. The van der Waals surface area contributed by atoms with Crippen LogP contribution in [0, 0.1) is 11.6 Å². The summed E-state index contributed by atoms with van der Waals surface area (Å²) in [6.07, 6.45) is 1.82. The van der Waals surface area contributed by atoms with Crippen molar-refractivity contribution in [3.8, 4) is 16.9 Å². The first-order valence-electron chi connectivity index (χ1n) is 9.05. The van der Waals surface area contributed by atoms with E-state index in [2.05, 4.69) is 10.4 Å². The second-order valence-corrected chi connectivity index (χ2v) is 6.43. The minimum Gasteiger partial charge on any atom is -0.348 e. The number of rotatable bonds is 5. The van der Waals surface area contributed by atoms with Crippen LogP contribution in [0.1, 0.15) is 15.9 Å². The van der Waals surface area contributed by atoms with Gasteiger partial charge in [0.1, 0.15) is 0 Å². The van der Waals surface area contributed by atoms with Crippen LogP contribution in [0.2, 0.25) is 0 Å². The molecule has 1 amide bonds. The van der Waals surface area contributed by atoms with Gasteiger partial charge in [-0.2, -0.15) is 5.10 Å². The zero-order chi connectivity index (χ0) is 20.2. The van der Waals surface area contributed by atoms with E-state index in [1.165, 1.54) is 12.1 Å². The minimum absolute atomic E-state index is 0.117. The van der Waals surface area contributed by atoms with E-state index in [1.54, 1.807) is 4.68 Å². The quantitative estimate of drug-likeness (QED) is 0.536. The van der Waals surface area contributed by atoms with Gasteiger partial charge in [0, 0.05) is 23.9 Å². The van der Waals surface area contributed by atoms with Crippen LogP contribution in [0.4, 0.5) is 8.78 Å². The third-order valence-corrected chi connectivity index (χ3v) is 4.49. The second-order valence-electron chi connectivity index (χ2n) is 6.43. The monoisotopic (exact) mass is 389 g/mol. The summed E-state index contributed by atoms with van der Waals surface area (Å²) in [5.41, 5.74) is 2.89. The highest BCUT2D eigenvalue weighted by Gasteiger charge is 2.17. The number of amides is 1. The number of benzene rings is 3. The summed E-state index contributed by atoms with van der Waals surface area (Å²) in [4.78, 5) is 12.4. The fourth-order valence-electron chi connectivity index (χ4n) is 3.04. The summed E-state index contributed by atoms with van der Waals surface area (Å²) in [7, 11) is 0. The summed E-state index contributed by atoms with van der Waals surface area (Å²) in [5, 5.41) is 7.32. The predicted molar refractivity (Wildman–Crippen MR) is 107 cm³/mol. The highest BCUT2D eigenvalue weighted by molar-refractivity contribution is 5.94. The number of para-hydroxylation sites is 1. The van der Waals surface area contributed by atoms with Gasteiger partial charge in [-0.15, -0.1) is 0 Å². The molecule has 0 radical (unpaired) electrons. The Balaban J connectivity index is 1.64. The van der Waals surface area contributed by atoms with E-state index in [9.17, 15) is 13.6 Å². The molecule has 1 heterocycles. The number of hydrogen-bond donors (Lipinski definition) is 1. The average molecular weight is 389 g/mol. The Morgan fingerprint density at radius 1 is 0.897 bits per heavy atom. The fraction of sp³-hybridized carbons (Fsp3) is 0.0435. The molecule has 0 aliphatic heterocycles. The van der Waals surface area contributed by atoms with Crippen LogP contribution in [0.5, 0.6) is 0 Å². The van der Waals surface area contributed by atoms with Gasteiger partial charge in [-0.05, 0) is 24.3 Å². The van der Waals surface area contributed by atoms with Crippen molar-refractivity contribution in [2.45, 2.75) is 6.54 Å². The van der Waals surface area contributed by atoms with Crippen LogP contribution in [-0.2, 0) is 6.54 Å². The highest BCUT2D eigenvalue weighted by atomic mass is 19.2. The average Bonchev–Trinajstić information content (AvgIpc) is 3.19. The van der Waals surface area contributed by atoms with Gasteiger partial charge in [-0.3, -0.25) is 4.79 Å². The Morgan fingerprint density at radius 2 is 1.59 bits per heavy atom. The molecule has 6 heteroatoms. The van der Waals surface area contributed by atoms with Crippen molar-refractivity contribution in [3.63, 3.8) is 0 Å². The Kier molecular flexibility index (Phi) is 5.16. The molecule has 1 N–H and O–H groups in total. The molecule has 0 fully saturated rings. The maximum Gasteiger partial charge on any atom is 0.254 e. The van der Waals surface area contributed by atoms with Gasteiger partial charge in [0.2, 0.25) is 0 Å². The minimum atomic E-state index is -1.16. The molecule has 0 unspecified atom stereocenters. The van der Waals surface area contributed by atoms with Crippen molar-refractivity contribution >= 4 is 5.91 Å². The largest absolute Gasteiger partial charge is 0.348 e. The third-order valence-electron chi connectivity index (χ3n) is 4.49. The van der Waals surface area contributed by atoms with Crippen molar-refractivity contribution in [1.82, 2.24) is 15.1 Å². The maximum absolute atomic E-state index is 13.9. The molecular formula is C23H17F2N3O. The number of aromatic nitrogens is 2. The van der Waals surface area contributed by atoms with Crippen molar-refractivity contribution < 1.29 is 13.6 Å². The molecule has 0 saturated carbocycles. The molecule has 29 heavy (non-hydrogen) atoms. The number of hydrogen-bond acceptors (Lipinski definition) is 2. The molecule has 1 aromatic heterocycles. The number of nitrogens with one attached hydrogen (secondary N) is 1. The Bertz CT molecular complexity index is 1140. The normalized spacial score (nSPS) is 10.7. The van der Waals surface area contributed by atoms with Gasteiger partial charge >= 0.3 is 0 Å². The smallest absolute Gasteiger partial charge is 0.254 e. The summed E-state index contributed by atoms with van der Waals surface area (Å²) < 4.78 is 29.0. The molecule has 0 aliphatic rings. The van der Waals surface area contributed by atoms with Crippen molar-refractivity contribution in [1.29, 1.82) is 0 Å². The fourth-order valence-corrected chi connectivity index (χ4v) is 3.04. The van der Waals surface area contributed by atoms with Crippen LogP contribution < -0.4 is 5.32 Å². The molecular weight excluding hydrogens is 372 g/mol. The van der Waals surface area contributed by atoms with Crippen LogP contribution in [-0.4, -0.2) is 15.7 Å². The SMILES string of the molecule is O=C(NCc1cn(-c2ccccc2)nc1-c1ccccc1)c1cccc(F)c1F. The number of nitrogens with zero attached hydrogens (tertiary/aromatic N) is 2. The standard InChI is InChI=1S/C23H17F2N3O/c24-20-13-7-12-19(21(20)25)23(29)26-14-17-15-28(18-10-5-2-6-11-18)27-22(17)16-8-3-1-4-9-16/h1-13,15H,14H2,(H,26,29). The molecule has 4 aromatic rings. The van der Waals surface area contributed by atoms with E-state index in [-0.39, 0.29) is 12.1 Å². The molecule has 0 spiro atoms. The van der Waals surface area contributed by atoms with E-state index < -0.39 is 17.5 Å². The van der Waals surface area contributed by atoms with Gasteiger partial charge in [0.15, 0.2) is 11.6 Å². The number of carbonyl (C=O) groups is 1. The Labute approximate surface area is 166 Å². The topological polar surface area (TPSA) is 46.9 Å². The van der Waals surface area contributed by atoms with Crippen molar-refractivity contribution in [3.05, 3.63) is 108 Å². The van der Waals surface area contributed by atoms with Crippen molar-refractivity contribution in [2.75, 3.05) is 0 Å². The summed E-state index contributed by atoms with van der Waals surface area (Å²) in [6, 6.07) is 22.7. The van der Waals surface area contributed by atoms with Crippen LogP contribution in [0.3, 0.4) is 0 Å². The van der Waals surface area contributed by atoms with Crippen molar-refractivity contribution in [2.24, 2.45) is 0 Å². The first-order chi connectivity index (χ1) is 14.1. The molecule has 3 aromatic carbocycles. The molecule has 4 nitrogen and oxygen atoms in total. The van der Waals surface area contributed by atoms with E-state index in [0.29, 0.717) is 5.69 Å². The summed E-state index contributed by atoms with van der Waals surface area (Å²) >= 11 is 0. The predicted octanol–water partition coefficient (Wildman–Crippen LogP) is 4.75. The molecule has 4 rings (SSSR count). The molecule has 144 valence electrons. The van der Waals surface area contributed by atoms with E-state index in [4.69, 9.17) is 0 Å². The summed E-state index contributed by atoms with van der Waals surface area (Å²) in [5.74, 6) is -2.90. The Morgan fingerprint density at radius 3 is 2.31 bits per heavy atom. The van der Waals surface area contributed by atoms with Crippen LogP contribution in [0.25, 0.3) is 16.9 Å². The lowest BCUT2D eigenvalue weighted by Crippen LogP contribution is -2.24.